The standard InChI is InChI=1S/C18H31NO5.C17H29NO4.2C17H33NO3.C5H13N.CH4/c1-6-23-18(22)16-15(24-16)14(20)10-13(9-12(4)5)17(21)19-8-7-11(2)3;1-10(2)6-7-18-17(21)13(8-11(3)4)9-14(20)16-15(22-16)12(5)19;2*1-12(2)8-9-18-16(20)14(10-13(3)4)11-15(19)21-17(5,6)7;1-5(2)3-4-6;/h11-13,15-16H,6-10H2,1-5H3,(H,19,21);10-11,13,15-16H,6-9H2,1-5H3,(H,18,21);2*12-14H,8-11H2,1-7H3,(H,18,20);5H,3-4,6H2,1-2H3;1H4/t13-,15-,16+;13-,15-,16-;2*14-;;/m1111../s1/i7D2,8D2,11D;6D2,7D2,10D;8D2,9D2,12D;12D;1D3,3D2,4D2,5D;. The Kier molecular flexibility index (Phi) is 31.9. The molecule has 2 aliphatic rings. The molecule has 0 saturated carbocycles. The Labute approximate surface area is 611 Å². The predicted molar refractivity (Wildman–Crippen MR) is 382 cm³/mol. The minimum absolute atomic E-state index is 0. The van der Waals surface area contributed by atoms with Gasteiger partial charge in [-0.3, -0.25) is 43.2 Å². The first-order valence-corrected chi connectivity index (χ1v) is 32.4. The molecule has 558 valence electrons. The van der Waals surface area contributed by atoms with Gasteiger partial charge < -0.3 is 50.7 Å². The van der Waals surface area contributed by atoms with E-state index in [1.807, 2.05) is 101 Å². The van der Waals surface area contributed by atoms with Crippen LogP contribution in [0.4, 0.5) is 0 Å². The Hall–Kier alpha value is -4.82. The number of carbonyl (C=O) groups excluding carboxylic acids is 10. The van der Waals surface area contributed by atoms with Crippen LogP contribution < -0.4 is 27.0 Å². The van der Waals surface area contributed by atoms with E-state index in [1.165, 1.54) is 48.5 Å². The van der Waals surface area contributed by atoms with Crippen LogP contribution in [0.5, 0.6) is 0 Å². The summed E-state index contributed by atoms with van der Waals surface area (Å²) in [6, 6.07) is 0. The van der Waals surface area contributed by atoms with E-state index in [4.69, 9.17) is 62.3 Å². The number of esters is 3. The topological polar surface area (TPSA) is 298 Å². The van der Waals surface area contributed by atoms with E-state index < -0.39 is 182 Å². The van der Waals surface area contributed by atoms with Crippen LogP contribution in [0.1, 0.15) is 304 Å². The molecular weight excluding hydrogens is 1210 g/mol. The van der Waals surface area contributed by atoms with Crippen molar-refractivity contribution in [3.63, 3.8) is 0 Å². The third kappa shape index (κ3) is 54.8. The molecule has 20 heteroatoms. The van der Waals surface area contributed by atoms with E-state index in [0.717, 1.165) is 6.92 Å². The lowest BCUT2D eigenvalue weighted by molar-refractivity contribution is -0.158. The summed E-state index contributed by atoms with van der Waals surface area (Å²) in [6.45, 7) is 26.9. The highest BCUT2D eigenvalue weighted by molar-refractivity contribution is 5.98. The molecule has 0 radical (unpaired) electrons. The van der Waals surface area contributed by atoms with Crippen molar-refractivity contribution in [3.8, 4) is 0 Å². The van der Waals surface area contributed by atoms with Crippen LogP contribution in [0.2, 0.25) is 0 Å². The first kappa shape index (κ1) is 59.1. The Bertz CT molecular complexity index is 3270. The third-order valence-corrected chi connectivity index (χ3v) is 12.3. The molecule has 0 aliphatic carbocycles. The van der Waals surface area contributed by atoms with E-state index in [1.54, 1.807) is 27.7 Å². The Morgan fingerprint density at radius 3 is 1.04 bits per heavy atom. The third-order valence-electron chi connectivity index (χ3n) is 12.3. The van der Waals surface area contributed by atoms with Gasteiger partial charge in [-0.25, -0.2) is 4.79 Å². The maximum atomic E-state index is 12.7. The van der Waals surface area contributed by atoms with E-state index in [0.29, 0.717) is 38.1 Å². The number of amides is 4. The highest BCUT2D eigenvalue weighted by Crippen LogP contribution is 2.30. The van der Waals surface area contributed by atoms with E-state index in [9.17, 15) is 47.9 Å². The molecule has 95 heavy (non-hydrogen) atoms. The van der Waals surface area contributed by atoms with Crippen LogP contribution in [-0.2, 0) is 71.6 Å². The van der Waals surface area contributed by atoms with Crippen LogP contribution >= 0.6 is 0 Å². The minimum atomic E-state index is -2.97. The normalized spacial score (nSPS) is 23.0. The van der Waals surface area contributed by atoms with Crippen molar-refractivity contribution in [2.75, 3.05) is 39.1 Å². The van der Waals surface area contributed by atoms with Crippen LogP contribution in [0.15, 0.2) is 0 Å². The van der Waals surface area contributed by atoms with Gasteiger partial charge in [0.15, 0.2) is 29.6 Å². The Morgan fingerprint density at radius 2 is 0.789 bits per heavy atom. The molecule has 0 bridgehead atoms. The van der Waals surface area contributed by atoms with Crippen molar-refractivity contribution in [2.45, 2.75) is 306 Å². The number of ketones is 3. The van der Waals surface area contributed by atoms with Crippen molar-refractivity contribution in [3.05, 3.63) is 0 Å². The minimum Gasteiger partial charge on any atom is -0.464 e. The maximum Gasteiger partial charge on any atom is 0.338 e. The summed E-state index contributed by atoms with van der Waals surface area (Å²) < 4.78 is 209. The SMILES string of the molecule is C.[2H]C(C)(C)C([2H])([2H])C([2H])([2H])NC(=O)[C@@H](CC(=O)OC(C)(C)C)CC(C)C.[2H]C(C)(C)C([2H])([2H])C([2H])([2H])NC(=O)[C@@H](CC(=O)[C@H]1O[C@@H]1C(=O)OCC)CC(C)C.[2H]C(C)(C)C([2H])([2H])C([2H])([2H])NC(=O)[C@@H](CC(=O)[C@H]1O[C@@H]1C(C)=O)CC(C)C.[2H]C(C)(C)CCNC(=O)[C@@H](CC(=O)OC(C)(C)C)CC(C)C.[2H]C([2H])([2H])C([2H])(C)C([2H])([2H])C([2H])([2H])N. The molecule has 4 amide bonds. The largest absolute Gasteiger partial charge is 0.464 e. The molecule has 2 rings (SSSR count). The van der Waals surface area contributed by atoms with Crippen LogP contribution in [0, 0.1) is 76.8 Å². The van der Waals surface area contributed by atoms with E-state index in [-0.39, 0.29) is 87.5 Å². The second-order valence-corrected chi connectivity index (χ2v) is 27.9. The van der Waals surface area contributed by atoms with E-state index >= 15 is 0 Å². The van der Waals surface area contributed by atoms with Gasteiger partial charge in [0.25, 0.3) is 0 Å². The van der Waals surface area contributed by atoms with Gasteiger partial charge in [-0.15, -0.1) is 0 Å². The number of nitrogens with one attached hydrogen (secondary N) is 4. The van der Waals surface area contributed by atoms with Crippen molar-refractivity contribution >= 4 is 58.9 Å². The monoisotopic (exact) mass is 1380 g/mol. The molecule has 2 heterocycles. The number of hydrogen-bond acceptors (Lipinski definition) is 16. The summed E-state index contributed by atoms with van der Waals surface area (Å²) in [7, 11) is 0. The number of ether oxygens (including phenoxy) is 5. The van der Waals surface area contributed by atoms with Crippen LogP contribution in [0.3, 0.4) is 0 Å². The summed E-state index contributed by atoms with van der Waals surface area (Å²) in [6.07, 6.45) is -13.0. The molecule has 2 fully saturated rings. The molecule has 0 spiro atoms. The summed E-state index contributed by atoms with van der Waals surface area (Å²) in [5.74, 6) is -16.3. The molecule has 2 saturated heterocycles. The van der Waals surface area contributed by atoms with E-state index in [2.05, 4.69) is 10.6 Å². The molecule has 0 aromatic rings. The maximum absolute atomic E-state index is 12.7. The quantitative estimate of drug-likeness (QED) is 0.0217. The number of nitrogens with two attached hydrogens (primary N) is 1. The average Bonchev–Trinajstić information content (AvgIpc) is 1.71. The number of carbonyl (C=O) groups is 10. The van der Waals surface area contributed by atoms with Gasteiger partial charge in [-0.05, 0) is 173 Å². The van der Waals surface area contributed by atoms with Gasteiger partial charge in [0.05, 0.1) is 19.4 Å². The lowest BCUT2D eigenvalue weighted by Gasteiger charge is -2.23. The smallest absolute Gasteiger partial charge is 0.338 e. The fraction of sp³-hybridized carbons (Fsp3) is 0.867. The van der Waals surface area contributed by atoms with Gasteiger partial charge >= 0.3 is 17.9 Å². The first-order valence-electron chi connectivity index (χ1n) is 44.4. The van der Waals surface area contributed by atoms with Crippen LogP contribution in [-0.4, -0.2) is 134 Å². The van der Waals surface area contributed by atoms with Gasteiger partial charge in [0, 0.05) is 95.4 Å². The molecular formula is C75H143N5O15. The Morgan fingerprint density at radius 1 is 0.474 bits per heavy atom. The number of hydrogen-bond donors (Lipinski definition) is 5. The lowest BCUT2D eigenvalue weighted by atomic mass is 9.90. The van der Waals surface area contributed by atoms with Crippen molar-refractivity contribution < 1.29 is 105 Å². The second-order valence-electron chi connectivity index (χ2n) is 27.9. The van der Waals surface area contributed by atoms with Crippen molar-refractivity contribution in [1.82, 2.24) is 21.3 Å². The fourth-order valence-corrected chi connectivity index (χ4v) is 8.37. The van der Waals surface area contributed by atoms with Crippen molar-refractivity contribution in [2.24, 2.45) is 82.5 Å². The zero-order valence-corrected chi connectivity index (χ0v) is 61.4. The molecule has 9 atom stereocenters. The summed E-state index contributed by atoms with van der Waals surface area (Å²) >= 11 is 0. The van der Waals surface area contributed by atoms with Gasteiger partial charge in [-0.1, -0.05) is 132 Å². The van der Waals surface area contributed by atoms with Gasteiger partial charge in [0.2, 0.25) is 23.6 Å². The molecule has 6 N–H and O–H groups in total. The fourth-order valence-electron chi connectivity index (χ4n) is 8.37. The molecule has 0 aromatic heterocycles. The molecule has 20 nitrogen and oxygen atoms in total. The summed E-state index contributed by atoms with van der Waals surface area (Å²) in [5, 5.41) is 9.00. The zero-order valence-electron chi connectivity index (χ0n) is 85.4. The molecule has 1 unspecified atom stereocenters. The first-order chi connectivity index (χ1) is 51.9. The highest BCUT2D eigenvalue weighted by Gasteiger charge is 2.52. The number of rotatable bonds is 39. The van der Waals surface area contributed by atoms with Gasteiger partial charge in [-0.2, -0.15) is 0 Å². The molecule has 0 aromatic carbocycles. The number of epoxide rings is 2. The zero-order chi connectivity index (χ0) is 94.8. The summed E-state index contributed by atoms with van der Waals surface area (Å²) in [5.41, 5.74) is 3.65. The van der Waals surface area contributed by atoms with Gasteiger partial charge in [0.1, 0.15) is 23.4 Å². The second kappa shape index (κ2) is 51.4. The predicted octanol–water partition coefficient (Wildman–Crippen LogP) is 12.9. The molecule has 2 aliphatic heterocycles. The highest BCUT2D eigenvalue weighted by atomic mass is 16.6. The van der Waals surface area contributed by atoms with Crippen molar-refractivity contribution in [1.29, 1.82) is 0 Å². The lowest BCUT2D eigenvalue weighted by Crippen LogP contribution is -2.35. The summed E-state index contributed by atoms with van der Waals surface area (Å²) in [4.78, 5) is 122. The average molecular weight is 1380 g/mol. The Balaban J connectivity index is -0.000000704. The number of Topliss-reactive ketones (excluding diaryl/α,β-unsaturated/α-hetero) is 3. The van der Waals surface area contributed by atoms with Crippen LogP contribution in [0.25, 0.3) is 0 Å².